The Morgan fingerprint density at radius 2 is 0.973 bits per heavy atom. The molecule has 0 saturated carbocycles. The standard InChI is InChI=1S/C30H21BN2O4/c34-31(35)20-14-16-25-29(18-20)37-30-19-22(15-17-26(30)32(25)21-8-2-1-3-9-21)33-23-10-4-6-12-27(23)36-28-13-7-5-11-24(28)33/h1-19,34-35H. The summed E-state index contributed by atoms with van der Waals surface area (Å²) in [7, 11) is -1.59. The third-order valence-electron chi connectivity index (χ3n) is 6.63. The molecule has 0 aliphatic carbocycles. The van der Waals surface area contributed by atoms with Gasteiger partial charge in [0.15, 0.2) is 23.0 Å². The molecule has 7 heteroatoms. The first-order chi connectivity index (χ1) is 18.2. The van der Waals surface area contributed by atoms with Crippen molar-refractivity contribution in [1.82, 2.24) is 0 Å². The monoisotopic (exact) mass is 484 g/mol. The van der Waals surface area contributed by atoms with Crippen molar-refractivity contribution in [2.45, 2.75) is 0 Å². The van der Waals surface area contributed by atoms with Gasteiger partial charge in [-0.3, -0.25) is 0 Å². The van der Waals surface area contributed by atoms with Gasteiger partial charge in [0.1, 0.15) is 0 Å². The van der Waals surface area contributed by atoms with Crippen LogP contribution in [0.5, 0.6) is 23.0 Å². The van der Waals surface area contributed by atoms with Crippen molar-refractivity contribution in [2.24, 2.45) is 0 Å². The molecule has 0 fully saturated rings. The number of hydrogen-bond acceptors (Lipinski definition) is 6. The number of hydrogen-bond donors (Lipinski definition) is 2. The third kappa shape index (κ3) is 3.52. The molecule has 178 valence electrons. The first-order valence-electron chi connectivity index (χ1n) is 12.0. The molecule has 0 bridgehead atoms. The van der Waals surface area contributed by atoms with Crippen molar-refractivity contribution in [3.8, 4) is 23.0 Å². The average Bonchev–Trinajstić information content (AvgIpc) is 2.94. The van der Waals surface area contributed by atoms with Crippen molar-refractivity contribution >= 4 is 46.7 Å². The molecule has 2 aliphatic rings. The summed E-state index contributed by atoms with van der Waals surface area (Å²) in [4.78, 5) is 4.28. The van der Waals surface area contributed by atoms with Crippen LogP contribution in [0, 0.1) is 0 Å². The van der Waals surface area contributed by atoms with Crippen molar-refractivity contribution in [3.05, 3.63) is 115 Å². The lowest BCUT2D eigenvalue weighted by Gasteiger charge is -2.36. The maximum absolute atomic E-state index is 9.77. The Balaban J connectivity index is 1.40. The highest BCUT2D eigenvalue weighted by molar-refractivity contribution is 6.58. The minimum atomic E-state index is -1.59. The van der Waals surface area contributed by atoms with Gasteiger partial charge >= 0.3 is 7.12 Å². The number of rotatable bonds is 3. The summed E-state index contributed by atoms with van der Waals surface area (Å²) in [5, 5.41) is 19.5. The summed E-state index contributed by atoms with van der Waals surface area (Å²) in [5.41, 5.74) is 5.82. The molecule has 0 amide bonds. The number of fused-ring (bicyclic) bond motifs is 4. The highest BCUT2D eigenvalue weighted by Gasteiger charge is 2.30. The van der Waals surface area contributed by atoms with E-state index in [2.05, 4.69) is 21.9 Å². The highest BCUT2D eigenvalue weighted by atomic mass is 16.5. The molecule has 5 aromatic rings. The molecule has 0 aromatic heterocycles. The second-order valence-electron chi connectivity index (χ2n) is 8.90. The average molecular weight is 484 g/mol. The Hall–Kier alpha value is -4.72. The molecule has 0 spiro atoms. The largest absolute Gasteiger partial charge is 0.488 e. The minimum absolute atomic E-state index is 0.363. The molecule has 0 atom stereocenters. The van der Waals surface area contributed by atoms with Crippen LogP contribution >= 0.6 is 0 Å². The molecule has 2 N–H and O–H groups in total. The third-order valence-corrected chi connectivity index (χ3v) is 6.63. The predicted molar refractivity (Wildman–Crippen MR) is 146 cm³/mol. The molecule has 7 rings (SSSR count). The van der Waals surface area contributed by atoms with Crippen LogP contribution in [0.15, 0.2) is 115 Å². The number of nitrogens with zero attached hydrogens (tertiary/aromatic N) is 2. The topological polar surface area (TPSA) is 65.4 Å². The lowest BCUT2D eigenvalue weighted by atomic mass is 9.80. The molecule has 0 radical (unpaired) electrons. The Labute approximate surface area is 214 Å². The van der Waals surface area contributed by atoms with E-state index < -0.39 is 7.12 Å². The van der Waals surface area contributed by atoms with E-state index in [1.807, 2.05) is 91.0 Å². The highest BCUT2D eigenvalue weighted by Crippen LogP contribution is 2.54. The zero-order valence-electron chi connectivity index (χ0n) is 19.7. The van der Waals surface area contributed by atoms with E-state index in [9.17, 15) is 10.0 Å². The molecule has 0 unspecified atom stereocenters. The Bertz CT molecular complexity index is 1600. The SMILES string of the molecule is OB(O)c1ccc2c(c1)Oc1cc(N3c4ccccc4Oc4ccccc43)ccc1N2c1ccccc1. The van der Waals surface area contributed by atoms with Crippen LogP contribution in [0.3, 0.4) is 0 Å². The predicted octanol–water partition coefficient (Wildman–Crippen LogP) is 6.52. The summed E-state index contributed by atoms with van der Waals surface area (Å²) in [5.74, 6) is 2.75. The van der Waals surface area contributed by atoms with Gasteiger partial charge in [0.25, 0.3) is 0 Å². The Morgan fingerprint density at radius 1 is 0.459 bits per heavy atom. The normalized spacial score (nSPS) is 12.9. The molecule has 5 aromatic carbocycles. The maximum atomic E-state index is 9.77. The number of ether oxygens (including phenoxy) is 2. The first-order valence-corrected chi connectivity index (χ1v) is 12.0. The fourth-order valence-electron chi connectivity index (χ4n) is 4.95. The van der Waals surface area contributed by atoms with E-state index in [0.29, 0.717) is 17.0 Å². The van der Waals surface area contributed by atoms with Gasteiger partial charge < -0.3 is 29.3 Å². The molecular formula is C30H21BN2O4. The minimum Gasteiger partial charge on any atom is -0.453 e. The van der Waals surface area contributed by atoms with Crippen LogP contribution in [0.1, 0.15) is 0 Å². The van der Waals surface area contributed by atoms with Gasteiger partial charge in [0.2, 0.25) is 0 Å². The quantitative estimate of drug-likeness (QED) is 0.279. The van der Waals surface area contributed by atoms with E-state index in [4.69, 9.17) is 9.47 Å². The van der Waals surface area contributed by atoms with E-state index in [0.717, 1.165) is 45.6 Å². The Kier molecular flexibility index (Phi) is 4.92. The van der Waals surface area contributed by atoms with Crippen LogP contribution in [0.4, 0.5) is 34.1 Å². The zero-order valence-corrected chi connectivity index (χ0v) is 19.7. The van der Waals surface area contributed by atoms with E-state index in [1.165, 1.54) is 0 Å². The second-order valence-corrected chi connectivity index (χ2v) is 8.90. The van der Waals surface area contributed by atoms with Crippen LogP contribution < -0.4 is 24.7 Å². The second kappa shape index (κ2) is 8.45. The van der Waals surface area contributed by atoms with Crippen molar-refractivity contribution in [2.75, 3.05) is 9.80 Å². The lowest BCUT2D eigenvalue weighted by Crippen LogP contribution is -2.30. The van der Waals surface area contributed by atoms with Gasteiger partial charge in [-0.05, 0) is 66.1 Å². The fourth-order valence-corrected chi connectivity index (χ4v) is 4.95. The molecular weight excluding hydrogens is 463 g/mol. The summed E-state index contributed by atoms with van der Waals surface area (Å²) in [6.45, 7) is 0. The summed E-state index contributed by atoms with van der Waals surface area (Å²) in [6, 6.07) is 37.3. The van der Waals surface area contributed by atoms with Gasteiger partial charge in [-0.25, -0.2) is 0 Å². The van der Waals surface area contributed by atoms with Crippen LogP contribution in [-0.2, 0) is 0 Å². The first kappa shape index (κ1) is 21.6. The van der Waals surface area contributed by atoms with Gasteiger partial charge in [-0.15, -0.1) is 0 Å². The van der Waals surface area contributed by atoms with Crippen LogP contribution in [0.25, 0.3) is 0 Å². The van der Waals surface area contributed by atoms with Crippen LogP contribution in [0.2, 0.25) is 0 Å². The molecule has 37 heavy (non-hydrogen) atoms. The van der Waals surface area contributed by atoms with Gasteiger partial charge in [-0.1, -0.05) is 48.5 Å². The fraction of sp³-hybridized carbons (Fsp3) is 0. The lowest BCUT2D eigenvalue weighted by molar-refractivity contribution is 0.425. The van der Waals surface area contributed by atoms with E-state index >= 15 is 0 Å². The summed E-state index contributed by atoms with van der Waals surface area (Å²) >= 11 is 0. The Morgan fingerprint density at radius 3 is 1.65 bits per heavy atom. The van der Waals surface area contributed by atoms with Crippen molar-refractivity contribution < 1.29 is 19.5 Å². The van der Waals surface area contributed by atoms with Crippen molar-refractivity contribution in [3.63, 3.8) is 0 Å². The molecule has 2 aliphatic heterocycles. The molecule has 6 nitrogen and oxygen atoms in total. The zero-order chi connectivity index (χ0) is 24.9. The van der Waals surface area contributed by atoms with E-state index in [-0.39, 0.29) is 0 Å². The van der Waals surface area contributed by atoms with Gasteiger partial charge in [-0.2, -0.15) is 0 Å². The summed E-state index contributed by atoms with van der Waals surface area (Å²) < 4.78 is 12.6. The van der Waals surface area contributed by atoms with E-state index in [1.54, 1.807) is 12.1 Å². The summed E-state index contributed by atoms with van der Waals surface area (Å²) in [6.07, 6.45) is 0. The molecule has 0 saturated heterocycles. The molecule has 2 heterocycles. The van der Waals surface area contributed by atoms with Crippen LogP contribution in [-0.4, -0.2) is 17.2 Å². The maximum Gasteiger partial charge on any atom is 0.488 e. The van der Waals surface area contributed by atoms with Gasteiger partial charge in [0.05, 0.1) is 28.4 Å². The van der Waals surface area contributed by atoms with Gasteiger partial charge in [0, 0.05) is 11.8 Å². The number of anilines is 6. The number of benzene rings is 5. The van der Waals surface area contributed by atoms with Crippen molar-refractivity contribution in [1.29, 1.82) is 0 Å². The smallest absolute Gasteiger partial charge is 0.453 e. The number of para-hydroxylation sites is 5.